The van der Waals surface area contributed by atoms with Gasteiger partial charge in [0.25, 0.3) is 0 Å². The monoisotopic (exact) mass is 279 g/mol. The first kappa shape index (κ1) is 13.8. The van der Waals surface area contributed by atoms with Crippen molar-refractivity contribution >= 4 is 5.69 Å². The molecule has 3 nitrogen and oxygen atoms in total. The number of anilines is 1. The quantitative estimate of drug-likeness (QED) is 0.829. The lowest BCUT2D eigenvalue weighted by Crippen LogP contribution is -2.34. The molecule has 1 saturated heterocycles. The third-order valence-corrected chi connectivity index (χ3v) is 4.49. The topological polar surface area (TPSA) is 21.7 Å². The van der Waals surface area contributed by atoms with Crippen LogP contribution in [0.4, 0.5) is 10.1 Å². The first-order valence-electron chi connectivity index (χ1n) is 7.34. The van der Waals surface area contributed by atoms with Gasteiger partial charge in [-0.05, 0) is 36.5 Å². The Kier molecular flexibility index (Phi) is 3.69. The van der Waals surface area contributed by atoms with E-state index in [-0.39, 0.29) is 11.6 Å². The second-order valence-corrected chi connectivity index (χ2v) is 5.99. The molecule has 0 bridgehead atoms. The summed E-state index contributed by atoms with van der Waals surface area (Å²) in [5.74, 6) is -0.0567. The maximum Gasteiger partial charge on any atom is 0.168 e. The third-order valence-electron chi connectivity index (χ3n) is 4.49. The van der Waals surface area contributed by atoms with Crippen LogP contribution < -0.4 is 4.90 Å². The molecule has 0 unspecified atom stereocenters. The summed E-state index contributed by atoms with van der Waals surface area (Å²) >= 11 is 0. The van der Waals surface area contributed by atoms with Gasteiger partial charge in [-0.1, -0.05) is 6.07 Å². The van der Waals surface area contributed by atoms with E-state index in [1.807, 2.05) is 20.2 Å². The molecule has 1 spiro atoms. The van der Waals surface area contributed by atoms with Gasteiger partial charge >= 0.3 is 0 Å². The van der Waals surface area contributed by atoms with Crippen molar-refractivity contribution in [3.8, 4) is 0 Å². The molecule has 1 aliphatic carbocycles. The highest BCUT2D eigenvalue weighted by molar-refractivity contribution is 5.48. The van der Waals surface area contributed by atoms with Crippen molar-refractivity contribution < 1.29 is 13.9 Å². The van der Waals surface area contributed by atoms with E-state index in [9.17, 15) is 4.39 Å². The Labute approximate surface area is 119 Å². The number of hydrogen-bond donors (Lipinski definition) is 0. The zero-order chi connectivity index (χ0) is 14.2. The predicted molar refractivity (Wildman–Crippen MR) is 76.6 cm³/mol. The maximum atomic E-state index is 14.1. The summed E-state index contributed by atoms with van der Waals surface area (Å²) in [6.07, 6.45) is 3.82. The van der Waals surface area contributed by atoms with Crippen LogP contribution in [0.5, 0.6) is 0 Å². The Morgan fingerprint density at radius 3 is 2.35 bits per heavy atom. The van der Waals surface area contributed by atoms with Crippen LogP contribution in [0.1, 0.15) is 37.2 Å². The summed E-state index contributed by atoms with van der Waals surface area (Å²) in [7, 11) is 3.72. The van der Waals surface area contributed by atoms with E-state index in [4.69, 9.17) is 9.47 Å². The molecule has 1 heterocycles. The molecule has 3 rings (SSSR count). The summed E-state index contributed by atoms with van der Waals surface area (Å²) in [5.41, 5.74) is 1.74. The summed E-state index contributed by atoms with van der Waals surface area (Å²) < 4.78 is 25.5. The van der Waals surface area contributed by atoms with Gasteiger partial charge in [-0.3, -0.25) is 0 Å². The van der Waals surface area contributed by atoms with Crippen molar-refractivity contribution in [2.45, 2.75) is 37.4 Å². The second kappa shape index (κ2) is 5.34. The maximum absolute atomic E-state index is 14.1. The van der Waals surface area contributed by atoms with E-state index in [0.717, 1.165) is 31.2 Å². The molecular formula is C16H22FNO2. The smallest absolute Gasteiger partial charge is 0.168 e. The molecule has 110 valence electrons. The van der Waals surface area contributed by atoms with E-state index >= 15 is 0 Å². The number of benzene rings is 1. The molecule has 20 heavy (non-hydrogen) atoms. The van der Waals surface area contributed by atoms with Crippen LogP contribution >= 0.6 is 0 Å². The zero-order valence-corrected chi connectivity index (χ0v) is 12.2. The average molecular weight is 279 g/mol. The molecule has 0 aromatic heterocycles. The molecule has 2 fully saturated rings. The lowest BCUT2D eigenvalue weighted by Gasteiger charge is -2.35. The molecule has 1 aliphatic heterocycles. The van der Waals surface area contributed by atoms with Gasteiger partial charge in [-0.2, -0.15) is 0 Å². The van der Waals surface area contributed by atoms with E-state index in [1.165, 1.54) is 0 Å². The van der Waals surface area contributed by atoms with Gasteiger partial charge < -0.3 is 14.4 Å². The lowest BCUT2D eigenvalue weighted by atomic mass is 9.81. The standard InChI is InChI=1S/C16H22FNO2/c1-18(2)15-4-3-13(11-14(15)17)12-5-7-16(8-6-12)19-9-10-20-16/h3-4,11-12H,5-10H2,1-2H3. The van der Waals surface area contributed by atoms with Gasteiger partial charge in [0.15, 0.2) is 5.79 Å². The highest BCUT2D eigenvalue weighted by Crippen LogP contribution is 2.42. The largest absolute Gasteiger partial charge is 0.375 e. The number of nitrogens with zero attached hydrogens (tertiary/aromatic N) is 1. The number of halogens is 1. The molecule has 0 radical (unpaired) electrons. The molecule has 0 atom stereocenters. The van der Waals surface area contributed by atoms with Crippen molar-refractivity contribution in [2.75, 3.05) is 32.2 Å². The summed E-state index contributed by atoms with van der Waals surface area (Å²) in [6, 6.07) is 5.61. The number of hydrogen-bond acceptors (Lipinski definition) is 3. The third kappa shape index (κ3) is 2.54. The predicted octanol–water partition coefficient (Wildman–Crippen LogP) is 3.29. The van der Waals surface area contributed by atoms with Crippen molar-refractivity contribution in [1.29, 1.82) is 0 Å². The SMILES string of the molecule is CN(C)c1ccc(C2CCC3(CC2)OCCO3)cc1F. The van der Waals surface area contributed by atoms with Crippen molar-refractivity contribution in [3.63, 3.8) is 0 Å². The number of ether oxygens (including phenoxy) is 2. The van der Waals surface area contributed by atoms with Gasteiger partial charge in [-0.25, -0.2) is 4.39 Å². The van der Waals surface area contributed by atoms with Crippen LogP contribution in [0, 0.1) is 5.82 Å². The van der Waals surface area contributed by atoms with Gasteiger partial charge in [0.2, 0.25) is 0 Å². The van der Waals surface area contributed by atoms with Crippen LogP contribution in [0.15, 0.2) is 18.2 Å². The Hall–Kier alpha value is -1.13. The molecule has 1 aromatic rings. The molecule has 0 amide bonds. The van der Waals surface area contributed by atoms with Gasteiger partial charge in [0.05, 0.1) is 18.9 Å². The van der Waals surface area contributed by atoms with E-state index < -0.39 is 0 Å². The summed E-state index contributed by atoms with van der Waals surface area (Å²) in [6.45, 7) is 1.41. The van der Waals surface area contributed by atoms with E-state index in [2.05, 4.69) is 6.07 Å². The van der Waals surface area contributed by atoms with Gasteiger partial charge in [-0.15, -0.1) is 0 Å². The van der Waals surface area contributed by atoms with Crippen LogP contribution in [0.25, 0.3) is 0 Å². The molecule has 0 N–H and O–H groups in total. The van der Waals surface area contributed by atoms with Gasteiger partial charge in [0, 0.05) is 26.9 Å². The van der Waals surface area contributed by atoms with E-state index in [0.29, 0.717) is 24.8 Å². The Morgan fingerprint density at radius 1 is 1.15 bits per heavy atom. The fourth-order valence-electron chi connectivity index (χ4n) is 3.32. The Bertz CT molecular complexity index is 473. The van der Waals surface area contributed by atoms with Crippen molar-refractivity contribution in [3.05, 3.63) is 29.6 Å². The number of rotatable bonds is 2. The lowest BCUT2D eigenvalue weighted by molar-refractivity contribution is -0.178. The van der Waals surface area contributed by atoms with E-state index in [1.54, 1.807) is 11.0 Å². The fourth-order valence-corrected chi connectivity index (χ4v) is 3.32. The normalized spacial score (nSPS) is 22.4. The van der Waals surface area contributed by atoms with Crippen LogP contribution in [0.3, 0.4) is 0 Å². The Morgan fingerprint density at radius 2 is 1.80 bits per heavy atom. The minimum atomic E-state index is -0.335. The highest BCUT2D eigenvalue weighted by atomic mass is 19.1. The van der Waals surface area contributed by atoms with Crippen LogP contribution in [-0.4, -0.2) is 33.1 Å². The van der Waals surface area contributed by atoms with Gasteiger partial charge in [0.1, 0.15) is 5.82 Å². The van der Waals surface area contributed by atoms with Crippen molar-refractivity contribution in [2.24, 2.45) is 0 Å². The summed E-state index contributed by atoms with van der Waals surface area (Å²) in [5, 5.41) is 0. The average Bonchev–Trinajstić information content (AvgIpc) is 2.87. The highest BCUT2D eigenvalue weighted by Gasteiger charge is 2.40. The zero-order valence-electron chi connectivity index (χ0n) is 12.2. The first-order chi connectivity index (χ1) is 9.60. The molecule has 1 aromatic carbocycles. The second-order valence-electron chi connectivity index (χ2n) is 5.99. The van der Waals surface area contributed by atoms with Crippen molar-refractivity contribution in [1.82, 2.24) is 0 Å². The minimum Gasteiger partial charge on any atom is -0.375 e. The molecule has 1 saturated carbocycles. The Balaban J connectivity index is 1.70. The fraction of sp³-hybridized carbons (Fsp3) is 0.625. The van der Waals surface area contributed by atoms with Crippen LogP contribution in [-0.2, 0) is 9.47 Å². The van der Waals surface area contributed by atoms with Crippen LogP contribution in [0.2, 0.25) is 0 Å². The molecule has 2 aliphatic rings. The summed E-state index contributed by atoms with van der Waals surface area (Å²) in [4.78, 5) is 1.80. The molecular weight excluding hydrogens is 257 g/mol. The molecule has 4 heteroatoms. The first-order valence-corrected chi connectivity index (χ1v) is 7.34. The minimum absolute atomic E-state index is 0.138.